The zero-order valence-corrected chi connectivity index (χ0v) is 18.3. The molecule has 3 rings (SSSR count). The Bertz CT molecular complexity index is 780. The van der Waals surface area contributed by atoms with Crippen molar-refractivity contribution in [1.82, 2.24) is 20.9 Å². The molecule has 4 atom stereocenters. The number of Topliss-reactive ketones (excluding diaryl/α,β-unsaturated/α-hetero) is 1. The molecule has 31 heavy (non-hydrogen) atoms. The summed E-state index contributed by atoms with van der Waals surface area (Å²) in [5.41, 5.74) is -1.24. The smallest absolute Gasteiger partial charge is 0.329 e. The molecule has 0 aromatic rings. The molecule has 0 aromatic carbocycles. The number of rotatable bonds is 9. The number of ketones is 1. The fraction of sp³-hybridized carbons (Fsp3) is 0.762. The van der Waals surface area contributed by atoms with E-state index in [2.05, 4.69) is 16.0 Å². The predicted molar refractivity (Wildman–Crippen MR) is 110 cm³/mol. The molecule has 172 valence electrons. The molecule has 0 spiro atoms. The van der Waals surface area contributed by atoms with Crippen LogP contribution in [0.2, 0.25) is 0 Å². The van der Waals surface area contributed by atoms with Crippen molar-refractivity contribution in [3.8, 4) is 0 Å². The molecule has 10 heteroatoms. The Labute approximate surface area is 181 Å². The van der Waals surface area contributed by atoms with E-state index in [1.165, 1.54) is 4.90 Å². The first-order chi connectivity index (χ1) is 14.6. The first kappa shape index (κ1) is 23.0. The SMILES string of the molecule is CC(C)[C@H](NC(=O)NCC(=O)N1CCC[C@H]1C(=O)N[C@]1(C(=O)O)CC1C)C(=O)C1CC1. The van der Waals surface area contributed by atoms with Crippen LogP contribution in [0.5, 0.6) is 0 Å². The molecule has 0 aromatic heterocycles. The van der Waals surface area contributed by atoms with Crippen molar-refractivity contribution >= 4 is 29.6 Å². The highest BCUT2D eigenvalue weighted by atomic mass is 16.4. The second-order valence-corrected chi connectivity index (χ2v) is 9.34. The van der Waals surface area contributed by atoms with Crippen molar-refractivity contribution in [2.75, 3.05) is 13.1 Å². The van der Waals surface area contributed by atoms with E-state index < -0.39 is 41.4 Å². The average Bonchev–Trinajstić information content (AvgIpc) is 3.60. The summed E-state index contributed by atoms with van der Waals surface area (Å²) in [4.78, 5) is 62.8. The van der Waals surface area contributed by atoms with Gasteiger partial charge in [-0.3, -0.25) is 14.4 Å². The van der Waals surface area contributed by atoms with Crippen molar-refractivity contribution in [1.29, 1.82) is 0 Å². The summed E-state index contributed by atoms with van der Waals surface area (Å²) < 4.78 is 0. The molecule has 1 heterocycles. The van der Waals surface area contributed by atoms with Crippen LogP contribution in [-0.2, 0) is 19.2 Å². The van der Waals surface area contributed by atoms with Gasteiger partial charge in [-0.25, -0.2) is 9.59 Å². The second kappa shape index (κ2) is 8.84. The first-order valence-electron chi connectivity index (χ1n) is 11.0. The van der Waals surface area contributed by atoms with Gasteiger partial charge in [0.05, 0.1) is 12.6 Å². The second-order valence-electron chi connectivity index (χ2n) is 9.34. The summed E-state index contributed by atoms with van der Waals surface area (Å²) in [6.07, 6.45) is 3.14. The number of hydrogen-bond acceptors (Lipinski definition) is 5. The highest BCUT2D eigenvalue weighted by molar-refractivity contribution is 5.95. The summed E-state index contributed by atoms with van der Waals surface area (Å²) in [6, 6.07) is -1.94. The Balaban J connectivity index is 1.51. The minimum atomic E-state index is -1.24. The Hall–Kier alpha value is -2.65. The Kier molecular flexibility index (Phi) is 6.56. The molecular formula is C21H32N4O6. The largest absolute Gasteiger partial charge is 0.479 e. The van der Waals surface area contributed by atoms with E-state index in [1.54, 1.807) is 6.92 Å². The van der Waals surface area contributed by atoms with Crippen molar-refractivity contribution < 1.29 is 29.1 Å². The molecule has 1 unspecified atom stereocenters. The highest BCUT2D eigenvalue weighted by Gasteiger charge is 2.59. The lowest BCUT2D eigenvalue weighted by Crippen LogP contribution is -2.55. The molecular weight excluding hydrogens is 404 g/mol. The van der Waals surface area contributed by atoms with Crippen molar-refractivity contribution in [2.45, 2.75) is 70.5 Å². The molecule has 3 aliphatic rings. The maximum Gasteiger partial charge on any atom is 0.329 e. The number of nitrogens with one attached hydrogen (secondary N) is 3. The molecule has 3 fully saturated rings. The van der Waals surface area contributed by atoms with Gasteiger partial charge in [-0.15, -0.1) is 0 Å². The van der Waals surface area contributed by atoms with Gasteiger partial charge in [0.25, 0.3) is 0 Å². The third kappa shape index (κ3) is 4.99. The number of hydrogen-bond donors (Lipinski definition) is 4. The van der Waals surface area contributed by atoms with Gasteiger partial charge in [0.2, 0.25) is 11.8 Å². The molecule has 0 bridgehead atoms. The summed E-state index contributed by atoms with van der Waals surface area (Å²) in [5.74, 6) is -2.14. The number of nitrogens with zero attached hydrogens (tertiary/aromatic N) is 1. The van der Waals surface area contributed by atoms with Crippen LogP contribution in [0.25, 0.3) is 0 Å². The number of aliphatic carboxylic acids is 1. The van der Waals surface area contributed by atoms with Crippen LogP contribution in [0.4, 0.5) is 4.79 Å². The molecule has 2 aliphatic carbocycles. The normalized spacial score (nSPS) is 28.1. The van der Waals surface area contributed by atoms with Crippen LogP contribution in [-0.4, -0.2) is 70.3 Å². The summed E-state index contributed by atoms with van der Waals surface area (Å²) in [6.45, 7) is 5.53. The number of carboxylic acid groups (broad SMARTS) is 1. The molecule has 1 saturated heterocycles. The van der Waals surface area contributed by atoms with Gasteiger partial charge in [0, 0.05) is 12.5 Å². The molecule has 2 saturated carbocycles. The number of likely N-dealkylation sites (tertiary alicyclic amines) is 1. The van der Waals surface area contributed by atoms with Crippen molar-refractivity contribution in [2.24, 2.45) is 17.8 Å². The van der Waals surface area contributed by atoms with Gasteiger partial charge in [-0.2, -0.15) is 0 Å². The zero-order chi connectivity index (χ0) is 22.9. The van der Waals surface area contributed by atoms with Gasteiger partial charge in [0.1, 0.15) is 11.6 Å². The number of carboxylic acids is 1. The predicted octanol–water partition coefficient (Wildman–Crippen LogP) is 0.260. The van der Waals surface area contributed by atoms with Crippen LogP contribution >= 0.6 is 0 Å². The van der Waals surface area contributed by atoms with E-state index in [0.29, 0.717) is 25.8 Å². The van der Waals surface area contributed by atoms with Gasteiger partial charge in [-0.05, 0) is 43.9 Å². The van der Waals surface area contributed by atoms with Gasteiger partial charge in [0.15, 0.2) is 5.78 Å². The van der Waals surface area contributed by atoms with Crippen LogP contribution < -0.4 is 16.0 Å². The highest BCUT2D eigenvalue weighted by Crippen LogP contribution is 2.43. The van der Waals surface area contributed by atoms with E-state index in [-0.39, 0.29) is 30.1 Å². The number of urea groups is 1. The van der Waals surface area contributed by atoms with Gasteiger partial charge < -0.3 is 26.0 Å². The third-order valence-corrected chi connectivity index (χ3v) is 6.55. The van der Waals surface area contributed by atoms with Gasteiger partial charge in [-0.1, -0.05) is 20.8 Å². The minimum Gasteiger partial charge on any atom is -0.479 e. The van der Waals surface area contributed by atoms with E-state index in [1.807, 2.05) is 13.8 Å². The van der Waals surface area contributed by atoms with E-state index in [4.69, 9.17) is 0 Å². The first-order valence-corrected chi connectivity index (χ1v) is 11.0. The Morgan fingerprint density at radius 3 is 2.29 bits per heavy atom. The van der Waals surface area contributed by atoms with Crippen LogP contribution in [0, 0.1) is 17.8 Å². The summed E-state index contributed by atoms with van der Waals surface area (Å²) >= 11 is 0. The Morgan fingerprint density at radius 1 is 1.13 bits per heavy atom. The summed E-state index contributed by atoms with van der Waals surface area (Å²) in [5, 5.41) is 17.2. The average molecular weight is 437 g/mol. The lowest BCUT2D eigenvalue weighted by molar-refractivity contribution is -0.145. The number of carbonyl (C=O) groups is 5. The maximum absolute atomic E-state index is 12.7. The number of amides is 4. The fourth-order valence-electron chi connectivity index (χ4n) is 4.23. The number of carbonyl (C=O) groups excluding carboxylic acids is 4. The van der Waals surface area contributed by atoms with Crippen LogP contribution in [0.3, 0.4) is 0 Å². The maximum atomic E-state index is 12.7. The lowest BCUT2D eigenvalue weighted by atomic mass is 9.97. The Morgan fingerprint density at radius 2 is 1.77 bits per heavy atom. The molecule has 1 aliphatic heterocycles. The molecule has 4 amide bonds. The van der Waals surface area contributed by atoms with Crippen molar-refractivity contribution in [3.63, 3.8) is 0 Å². The zero-order valence-electron chi connectivity index (χ0n) is 18.3. The van der Waals surface area contributed by atoms with Crippen LogP contribution in [0.15, 0.2) is 0 Å². The minimum absolute atomic E-state index is 0.0153. The topological polar surface area (TPSA) is 145 Å². The quantitative estimate of drug-likeness (QED) is 0.408. The summed E-state index contributed by atoms with van der Waals surface area (Å²) in [7, 11) is 0. The standard InChI is InChI=1S/C21H32N4O6/c1-11(2)16(17(27)13-6-7-13)23-20(31)22-10-15(26)25-8-4-5-14(25)18(28)24-21(19(29)30)9-12(21)3/h11-14,16H,4-10H2,1-3H3,(H,24,28)(H,29,30)(H2,22,23,31)/t12?,14-,16-,21+/m0/s1. The molecule has 4 N–H and O–H groups in total. The van der Waals surface area contributed by atoms with E-state index >= 15 is 0 Å². The monoisotopic (exact) mass is 436 g/mol. The van der Waals surface area contributed by atoms with Crippen molar-refractivity contribution in [3.05, 3.63) is 0 Å². The van der Waals surface area contributed by atoms with Gasteiger partial charge >= 0.3 is 12.0 Å². The fourth-order valence-corrected chi connectivity index (χ4v) is 4.23. The molecule has 0 radical (unpaired) electrons. The van der Waals surface area contributed by atoms with E-state index in [9.17, 15) is 29.1 Å². The molecule has 10 nitrogen and oxygen atoms in total. The van der Waals surface area contributed by atoms with E-state index in [0.717, 1.165) is 12.8 Å². The third-order valence-electron chi connectivity index (χ3n) is 6.55. The van der Waals surface area contributed by atoms with Crippen LogP contribution in [0.1, 0.15) is 52.9 Å². The lowest BCUT2D eigenvalue weighted by Gasteiger charge is -2.26.